The Balaban J connectivity index is 3.26. The van der Waals surface area contributed by atoms with Crippen LogP contribution in [0.25, 0.3) is 0 Å². The minimum atomic E-state index is -2.21. The summed E-state index contributed by atoms with van der Waals surface area (Å²) >= 11 is -2.21. The van der Waals surface area contributed by atoms with Crippen LogP contribution in [0.15, 0.2) is 12.2 Å². The van der Waals surface area contributed by atoms with Crippen molar-refractivity contribution in [1.82, 2.24) is 0 Å². The average molecular weight is 222 g/mol. The highest BCUT2D eigenvalue weighted by atomic mass is 32.2. The van der Waals surface area contributed by atoms with Crippen molar-refractivity contribution in [2.45, 2.75) is 19.8 Å². The van der Waals surface area contributed by atoms with Crippen LogP contribution in [0.5, 0.6) is 0 Å². The molecule has 0 aliphatic heterocycles. The molecule has 0 aromatic heterocycles. The molecule has 0 amide bonds. The van der Waals surface area contributed by atoms with Crippen LogP contribution >= 0.6 is 0 Å². The molecular formula is C8H14O5S. The number of hydrogen-bond donors (Lipinski definition) is 1. The molecule has 14 heavy (non-hydrogen) atoms. The number of rotatable bonds is 7. The van der Waals surface area contributed by atoms with E-state index in [-0.39, 0.29) is 13.2 Å². The number of carbonyl (C=O) groups excluding carboxylic acids is 1. The van der Waals surface area contributed by atoms with Gasteiger partial charge < -0.3 is 4.74 Å². The molecule has 0 spiro atoms. The molecular weight excluding hydrogens is 208 g/mol. The van der Waals surface area contributed by atoms with Crippen LogP contribution in [0, 0.1) is 0 Å². The summed E-state index contributed by atoms with van der Waals surface area (Å²) in [5.41, 5.74) is 0.359. The first kappa shape index (κ1) is 13.3. The molecule has 0 fully saturated rings. The Morgan fingerprint density at radius 2 is 2.00 bits per heavy atom. The molecule has 0 saturated carbocycles. The second-order valence-corrected chi connectivity index (χ2v) is 3.33. The highest BCUT2D eigenvalue weighted by molar-refractivity contribution is 7.74. The van der Waals surface area contributed by atoms with Gasteiger partial charge in [0.1, 0.15) is 0 Å². The first-order valence-electron chi connectivity index (χ1n) is 4.11. The van der Waals surface area contributed by atoms with E-state index in [2.05, 4.69) is 10.8 Å². The van der Waals surface area contributed by atoms with Gasteiger partial charge in [-0.3, -0.25) is 8.74 Å². The van der Waals surface area contributed by atoms with Crippen LogP contribution in [-0.4, -0.2) is 27.9 Å². The molecule has 0 rings (SSSR count). The van der Waals surface area contributed by atoms with Crippen molar-refractivity contribution in [2.75, 3.05) is 13.2 Å². The average Bonchev–Trinajstić information content (AvgIpc) is 2.09. The maximum Gasteiger partial charge on any atom is 0.333 e. The number of carbonyl (C=O) groups is 1. The molecule has 0 aliphatic rings. The van der Waals surface area contributed by atoms with E-state index in [0.717, 1.165) is 0 Å². The molecule has 1 N–H and O–H groups in total. The van der Waals surface area contributed by atoms with Gasteiger partial charge in [-0.2, -0.15) is 4.21 Å². The van der Waals surface area contributed by atoms with E-state index in [9.17, 15) is 9.00 Å². The van der Waals surface area contributed by atoms with Gasteiger partial charge in [-0.15, -0.1) is 0 Å². The molecule has 82 valence electrons. The van der Waals surface area contributed by atoms with E-state index in [1.807, 2.05) is 0 Å². The van der Waals surface area contributed by atoms with Crippen LogP contribution < -0.4 is 0 Å². The minimum Gasteiger partial charge on any atom is -0.462 e. The zero-order valence-corrected chi connectivity index (χ0v) is 8.84. The van der Waals surface area contributed by atoms with E-state index < -0.39 is 17.3 Å². The van der Waals surface area contributed by atoms with Gasteiger partial charge in [0.15, 0.2) is 0 Å². The van der Waals surface area contributed by atoms with Gasteiger partial charge in [0, 0.05) is 5.57 Å². The summed E-state index contributed by atoms with van der Waals surface area (Å²) in [7, 11) is 0. The molecule has 0 aromatic rings. The van der Waals surface area contributed by atoms with E-state index in [1.165, 1.54) is 0 Å². The van der Waals surface area contributed by atoms with Gasteiger partial charge in [-0.25, -0.2) is 4.79 Å². The van der Waals surface area contributed by atoms with Crippen molar-refractivity contribution in [2.24, 2.45) is 0 Å². The van der Waals surface area contributed by atoms with E-state index in [1.54, 1.807) is 6.92 Å². The maximum absolute atomic E-state index is 10.8. The predicted molar refractivity (Wildman–Crippen MR) is 51.7 cm³/mol. The second-order valence-electron chi connectivity index (χ2n) is 2.66. The molecule has 0 aliphatic carbocycles. The molecule has 0 aromatic carbocycles. The molecule has 0 bridgehead atoms. The fourth-order valence-electron chi connectivity index (χ4n) is 0.622. The van der Waals surface area contributed by atoms with Crippen LogP contribution in [-0.2, 0) is 25.1 Å². The van der Waals surface area contributed by atoms with Crippen LogP contribution in [0.4, 0.5) is 0 Å². The lowest BCUT2D eigenvalue weighted by Crippen LogP contribution is -2.07. The Kier molecular flexibility index (Phi) is 7.27. The summed E-state index contributed by atoms with van der Waals surface area (Å²) in [6, 6.07) is 0. The smallest absolute Gasteiger partial charge is 0.333 e. The fourth-order valence-corrected chi connectivity index (χ4v) is 0.883. The Bertz CT molecular complexity index is 226. The normalized spacial score (nSPS) is 12.1. The second kappa shape index (κ2) is 7.66. The zero-order chi connectivity index (χ0) is 11.0. The summed E-state index contributed by atoms with van der Waals surface area (Å²) in [5, 5.41) is 0. The summed E-state index contributed by atoms with van der Waals surface area (Å²) in [6.45, 7) is 5.44. The Morgan fingerprint density at radius 3 is 2.50 bits per heavy atom. The van der Waals surface area contributed by atoms with Gasteiger partial charge in [-0.1, -0.05) is 6.58 Å². The van der Waals surface area contributed by atoms with Crippen molar-refractivity contribution >= 4 is 17.3 Å². The molecule has 6 heteroatoms. The van der Waals surface area contributed by atoms with E-state index >= 15 is 0 Å². The summed E-state index contributed by atoms with van der Waals surface area (Å²) in [5.74, 6) is -0.420. The van der Waals surface area contributed by atoms with Crippen LogP contribution in [0.2, 0.25) is 0 Å². The fraction of sp³-hybridized carbons (Fsp3) is 0.625. The highest BCUT2D eigenvalue weighted by Crippen LogP contribution is 1.96. The maximum atomic E-state index is 10.8. The van der Waals surface area contributed by atoms with Crippen LogP contribution in [0.1, 0.15) is 19.8 Å². The molecule has 0 heterocycles. The van der Waals surface area contributed by atoms with Crippen molar-refractivity contribution in [1.29, 1.82) is 0 Å². The van der Waals surface area contributed by atoms with Crippen molar-refractivity contribution in [3.05, 3.63) is 12.2 Å². The SMILES string of the molecule is C=C(C)C(=O)OCCCCOS(=O)O. The van der Waals surface area contributed by atoms with Gasteiger partial charge >= 0.3 is 17.3 Å². The summed E-state index contributed by atoms with van der Waals surface area (Å²) < 4.78 is 27.4. The minimum absolute atomic E-state index is 0.174. The lowest BCUT2D eigenvalue weighted by atomic mass is 10.3. The summed E-state index contributed by atoms with van der Waals surface area (Å²) in [6.07, 6.45) is 1.16. The third-order valence-electron chi connectivity index (χ3n) is 1.30. The summed E-state index contributed by atoms with van der Waals surface area (Å²) in [4.78, 5) is 10.8. The van der Waals surface area contributed by atoms with Gasteiger partial charge in [-0.05, 0) is 19.8 Å². The third kappa shape index (κ3) is 7.90. The molecule has 5 nitrogen and oxygen atoms in total. The Morgan fingerprint density at radius 1 is 1.43 bits per heavy atom. The molecule has 1 unspecified atom stereocenters. The largest absolute Gasteiger partial charge is 0.462 e. The predicted octanol–water partition coefficient (Wildman–Crippen LogP) is 1.04. The Hall–Kier alpha value is -0.720. The van der Waals surface area contributed by atoms with Gasteiger partial charge in [0.25, 0.3) is 0 Å². The van der Waals surface area contributed by atoms with Gasteiger partial charge in [0.2, 0.25) is 0 Å². The zero-order valence-electron chi connectivity index (χ0n) is 8.02. The third-order valence-corrected chi connectivity index (χ3v) is 1.67. The lowest BCUT2D eigenvalue weighted by molar-refractivity contribution is -0.139. The molecule has 0 radical (unpaired) electrons. The number of ether oxygens (including phenoxy) is 1. The number of hydrogen-bond acceptors (Lipinski definition) is 4. The van der Waals surface area contributed by atoms with Crippen molar-refractivity contribution < 1.29 is 22.5 Å². The molecule has 1 atom stereocenters. The topological polar surface area (TPSA) is 72.8 Å². The first-order chi connectivity index (χ1) is 6.54. The van der Waals surface area contributed by atoms with Crippen molar-refractivity contribution in [3.63, 3.8) is 0 Å². The highest BCUT2D eigenvalue weighted by Gasteiger charge is 2.01. The van der Waals surface area contributed by atoms with Gasteiger partial charge in [0.05, 0.1) is 13.2 Å². The quantitative estimate of drug-likeness (QED) is 0.301. The standard InChI is InChI=1S/C8H14O5S/c1-7(2)8(9)12-5-3-4-6-13-14(10)11/h1,3-6H2,2H3,(H,10,11). The number of unbranched alkanes of at least 4 members (excludes halogenated alkanes) is 1. The molecule has 0 saturated heterocycles. The van der Waals surface area contributed by atoms with E-state index in [0.29, 0.717) is 18.4 Å². The number of esters is 1. The Labute approximate surface area is 85.6 Å². The lowest BCUT2D eigenvalue weighted by Gasteiger charge is -2.03. The van der Waals surface area contributed by atoms with E-state index in [4.69, 9.17) is 9.29 Å². The van der Waals surface area contributed by atoms with Crippen molar-refractivity contribution in [3.8, 4) is 0 Å². The monoisotopic (exact) mass is 222 g/mol. The van der Waals surface area contributed by atoms with Crippen LogP contribution in [0.3, 0.4) is 0 Å². The first-order valence-corrected chi connectivity index (χ1v) is 5.14.